The lowest BCUT2D eigenvalue weighted by Gasteiger charge is -2.08. The maximum Gasteiger partial charge on any atom is 0.134 e. The number of aryl methyl sites for hydroxylation is 2. The van der Waals surface area contributed by atoms with Crippen LogP contribution in [0.4, 0.5) is 0 Å². The summed E-state index contributed by atoms with van der Waals surface area (Å²) in [7, 11) is 0. The van der Waals surface area contributed by atoms with E-state index in [1.165, 1.54) is 22.9 Å². The molecule has 0 aliphatic heterocycles. The van der Waals surface area contributed by atoms with Crippen LogP contribution in [0, 0.1) is 19.3 Å². The number of hydrogen-bond acceptors (Lipinski definition) is 4. The minimum absolute atomic E-state index is 0.0113. The Kier molecular flexibility index (Phi) is 3.62. The lowest BCUT2D eigenvalue weighted by Crippen LogP contribution is -2.13. The van der Waals surface area contributed by atoms with E-state index in [-0.39, 0.29) is 5.84 Å². The summed E-state index contributed by atoms with van der Waals surface area (Å²) in [6, 6.07) is 7.93. The smallest absolute Gasteiger partial charge is 0.134 e. The molecule has 0 amide bonds. The number of nitrogens with two attached hydrogens (primary N) is 1. The fourth-order valence-electron chi connectivity index (χ4n) is 1.62. The second kappa shape index (κ2) is 5.18. The fraction of sp³-hybridized carbons (Fsp3) is 0.154. The zero-order valence-corrected chi connectivity index (χ0v) is 11.1. The van der Waals surface area contributed by atoms with Crippen molar-refractivity contribution in [3.05, 3.63) is 47.2 Å². The molecule has 1 heterocycles. The number of amidine groups is 1. The van der Waals surface area contributed by atoms with Crippen molar-refractivity contribution in [3.8, 4) is 0 Å². The Morgan fingerprint density at radius 3 is 2.72 bits per heavy atom. The molecule has 0 radical (unpaired) electrons. The van der Waals surface area contributed by atoms with Crippen LogP contribution in [0.3, 0.4) is 0 Å². The lowest BCUT2D eigenvalue weighted by atomic mass is 10.2. The van der Waals surface area contributed by atoms with Crippen molar-refractivity contribution in [2.75, 3.05) is 0 Å². The number of hydrogen-bond donors (Lipinski definition) is 2. The van der Waals surface area contributed by atoms with Gasteiger partial charge in [0.25, 0.3) is 0 Å². The van der Waals surface area contributed by atoms with Gasteiger partial charge in [-0.3, -0.25) is 5.41 Å². The van der Waals surface area contributed by atoms with Crippen LogP contribution in [-0.2, 0) is 0 Å². The minimum atomic E-state index is 0.0113. The molecule has 5 heteroatoms. The van der Waals surface area contributed by atoms with Crippen LogP contribution < -0.4 is 5.73 Å². The first-order chi connectivity index (χ1) is 8.58. The van der Waals surface area contributed by atoms with Gasteiger partial charge < -0.3 is 5.73 Å². The van der Waals surface area contributed by atoms with Crippen LogP contribution in [0.2, 0.25) is 0 Å². The summed E-state index contributed by atoms with van der Waals surface area (Å²) in [5.41, 5.74) is 8.56. The molecular formula is C13H14N4S. The molecule has 0 saturated carbocycles. The Morgan fingerprint density at radius 1 is 1.28 bits per heavy atom. The van der Waals surface area contributed by atoms with Gasteiger partial charge in [-0.2, -0.15) is 5.10 Å². The first-order valence-electron chi connectivity index (χ1n) is 5.49. The van der Waals surface area contributed by atoms with Crippen molar-refractivity contribution in [1.82, 2.24) is 10.2 Å². The molecule has 0 aliphatic rings. The van der Waals surface area contributed by atoms with Gasteiger partial charge in [0.05, 0.1) is 11.8 Å². The SMILES string of the molecule is Cc1ccc(Sc2nnccc2C(=N)N)c(C)c1. The second-order valence-electron chi connectivity index (χ2n) is 4.03. The number of aromatic nitrogens is 2. The van der Waals surface area contributed by atoms with Gasteiger partial charge >= 0.3 is 0 Å². The summed E-state index contributed by atoms with van der Waals surface area (Å²) in [5.74, 6) is 0.0113. The van der Waals surface area contributed by atoms with Gasteiger partial charge in [-0.25, -0.2) is 0 Å². The average Bonchev–Trinajstić information content (AvgIpc) is 2.33. The van der Waals surface area contributed by atoms with Gasteiger partial charge in [0.1, 0.15) is 10.9 Å². The molecule has 3 N–H and O–H groups in total. The molecule has 92 valence electrons. The molecule has 0 aliphatic carbocycles. The largest absolute Gasteiger partial charge is 0.384 e. The second-order valence-corrected chi connectivity index (χ2v) is 5.07. The molecule has 1 aromatic heterocycles. The van der Waals surface area contributed by atoms with Crippen molar-refractivity contribution >= 4 is 17.6 Å². The Morgan fingerprint density at radius 2 is 2.06 bits per heavy atom. The van der Waals surface area contributed by atoms with E-state index < -0.39 is 0 Å². The maximum atomic E-state index is 7.53. The Hall–Kier alpha value is -1.88. The van der Waals surface area contributed by atoms with Gasteiger partial charge in [-0.1, -0.05) is 29.5 Å². The fourth-order valence-corrected chi connectivity index (χ4v) is 2.56. The summed E-state index contributed by atoms with van der Waals surface area (Å²) >= 11 is 1.48. The highest BCUT2D eigenvalue weighted by molar-refractivity contribution is 7.99. The molecule has 1 aromatic carbocycles. The van der Waals surface area contributed by atoms with Gasteiger partial charge in [0.15, 0.2) is 0 Å². The molecule has 0 saturated heterocycles. The topological polar surface area (TPSA) is 75.7 Å². The monoisotopic (exact) mass is 258 g/mol. The van der Waals surface area contributed by atoms with Crippen molar-refractivity contribution in [2.45, 2.75) is 23.8 Å². The number of benzene rings is 1. The predicted molar refractivity (Wildman–Crippen MR) is 73.1 cm³/mol. The summed E-state index contributed by atoms with van der Waals surface area (Å²) in [6.07, 6.45) is 1.54. The van der Waals surface area contributed by atoms with Crippen molar-refractivity contribution in [3.63, 3.8) is 0 Å². The normalized spacial score (nSPS) is 10.3. The van der Waals surface area contributed by atoms with Crippen molar-refractivity contribution in [2.24, 2.45) is 5.73 Å². The number of nitrogen functional groups attached to an aromatic ring is 1. The van der Waals surface area contributed by atoms with Gasteiger partial charge in [0.2, 0.25) is 0 Å². The third-order valence-corrected chi connectivity index (χ3v) is 3.69. The van der Waals surface area contributed by atoms with Crippen LogP contribution in [0.15, 0.2) is 40.4 Å². The van der Waals surface area contributed by atoms with E-state index in [9.17, 15) is 0 Å². The number of nitrogens with one attached hydrogen (secondary N) is 1. The van der Waals surface area contributed by atoms with Crippen molar-refractivity contribution in [1.29, 1.82) is 5.41 Å². The van der Waals surface area contributed by atoms with E-state index >= 15 is 0 Å². The van der Waals surface area contributed by atoms with Gasteiger partial charge in [-0.05, 0) is 31.5 Å². The summed E-state index contributed by atoms with van der Waals surface area (Å²) in [6.45, 7) is 4.11. The Balaban J connectivity index is 2.37. The highest BCUT2D eigenvalue weighted by Gasteiger charge is 2.10. The zero-order valence-electron chi connectivity index (χ0n) is 10.3. The van der Waals surface area contributed by atoms with E-state index in [4.69, 9.17) is 11.1 Å². The Bertz CT molecular complexity index is 595. The first kappa shape index (κ1) is 12.6. The van der Waals surface area contributed by atoms with E-state index in [0.29, 0.717) is 10.6 Å². The first-order valence-corrected chi connectivity index (χ1v) is 6.31. The molecular weight excluding hydrogens is 244 g/mol. The van der Waals surface area contributed by atoms with Gasteiger partial charge in [0, 0.05) is 4.90 Å². The molecule has 0 spiro atoms. The summed E-state index contributed by atoms with van der Waals surface area (Å²) < 4.78 is 0. The predicted octanol–water partition coefficient (Wildman–Crippen LogP) is 2.53. The number of nitrogens with zero attached hydrogens (tertiary/aromatic N) is 2. The van der Waals surface area contributed by atoms with Crippen LogP contribution in [0.25, 0.3) is 0 Å². The minimum Gasteiger partial charge on any atom is -0.384 e. The molecule has 18 heavy (non-hydrogen) atoms. The zero-order chi connectivity index (χ0) is 13.1. The van der Waals surface area contributed by atoms with E-state index in [2.05, 4.69) is 36.2 Å². The third kappa shape index (κ3) is 2.68. The summed E-state index contributed by atoms with van der Waals surface area (Å²) in [4.78, 5) is 1.10. The van der Waals surface area contributed by atoms with Crippen LogP contribution in [0.5, 0.6) is 0 Å². The highest BCUT2D eigenvalue weighted by atomic mass is 32.2. The molecule has 0 fully saturated rings. The number of rotatable bonds is 3. The van der Waals surface area contributed by atoms with E-state index in [1.807, 2.05) is 6.07 Å². The van der Waals surface area contributed by atoms with E-state index in [0.717, 1.165) is 4.90 Å². The van der Waals surface area contributed by atoms with Crippen molar-refractivity contribution < 1.29 is 0 Å². The maximum absolute atomic E-state index is 7.53. The van der Waals surface area contributed by atoms with E-state index in [1.54, 1.807) is 12.3 Å². The summed E-state index contributed by atoms with van der Waals surface area (Å²) in [5, 5.41) is 16.1. The molecule has 4 nitrogen and oxygen atoms in total. The standard InChI is InChI=1S/C13H14N4S/c1-8-3-4-11(9(2)7-8)18-13-10(12(14)15)5-6-16-17-13/h3-7H,1-2H3,(H3,14,15). The van der Waals surface area contributed by atoms with Crippen LogP contribution in [-0.4, -0.2) is 16.0 Å². The van der Waals surface area contributed by atoms with Gasteiger partial charge in [-0.15, -0.1) is 5.10 Å². The Labute approximate surface area is 110 Å². The van der Waals surface area contributed by atoms with Crippen LogP contribution >= 0.6 is 11.8 Å². The third-order valence-electron chi connectivity index (χ3n) is 2.51. The molecule has 0 bridgehead atoms. The lowest BCUT2D eigenvalue weighted by molar-refractivity contribution is 0.920. The molecule has 2 rings (SSSR count). The van der Waals surface area contributed by atoms with Crippen LogP contribution in [0.1, 0.15) is 16.7 Å². The quantitative estimate of drug-likeness (QED) is 0.655. The highest BCUT2D eigenvalue weighted by Crippen LogP contribution is 2.30. The molecule has 0 atom stereocenters. The molecule has 0 unspecified atom stereocenters. The average molecular weight is 258 g/mol. The molecule has 2 aromatic rings.